The molecule has 4 nitrogen and oxygen atoms in total. The molecule has 0 aliphatic carbocycles. The van der Waals surface area contributed by atoms with Gasteiger partial charge in [0.2, 0.25) is 0 Å². The molecule has 21 heavy (non-hydrogen) atoms. The number of ether oxygens (including phenoxy) is 2. The Bertz CT molecular complexity index is 593. The smallest absolute Gasteiger partial charge is 0.145 e. The Morgan fingerprint density at radius 1 is 0.762 bits per heavy atom. The van der Waals surface area contributed by atoms with Crippen LogP contribution in [0.3, 0.4) is 0 Å². The van der Waals surface area contributed by atoms with Crippen LogP contribution in [0.5, 0.6) is 11.5 Å². The van der Waals surface area contributed by atoms with E-state index in [0.29, 0.717) is 24.6 Å². The van der Waals surface area contributed by atoms with Gasteiger partial charge in [0.25, 0.3) is 0 Å². The minimum Gasteiger partial charge on any atom is -0.492 e. The summed E-state index contributed by atoms with van der Waals surface area (Å²) in [5.74, 6) is 1.45. The molecule has 0 aromatic heterocycles. The zero-order valence-corrected chi connectivity index (χ0v) is 12.2. The van der Waals surface area contributed by atoms with Crippen LogP contribution in [0.15, 0.2) is 58.5 Å². The third kappa shape index (κ3) is 4.20. The maximum Gasteiger partial charge on any atom is 0.145 e. The average Bonchev–Trinajstić information content (AvgIpc) is 2.51. The van der Waals surface area contributed by atoms with Gasteiger partial charge in [-0.2, -0.15) is 9.98 Å². The largest absolute Gasteiger partial charge is 0.492 e. The molecule has 0 heterocycles. The van der Waals surface area contributed by atoms with E-state index < -0.39 is 0 Å². The van der Waals surface area contributed by atoms with Gasteiger partial charge in [0.15, 0.2) is 0 Å². The minimum atomic E-state index is 0.594. The first-order valence-corrected chi connectivity index (χ1v) is 6.95. The highest BCUT2D eigenvalue weighted by Crippen LogP contribution is 2.28. The first kappa shape index (κ1) is 14.8. The fraction of sp³-hybridized carbons (Fsp3) is 0.235. The Labute approximate surface area is 124 Å². The lowest BCUT2D eigenvalue weighted by Crippen LogP contribution is -1.91. The maximum atomic E-state index is 5.50. The molecule has 0 fully saturated rings. The number of nitrogens with zero attached hydrogens (tertiary/aromatic N) is 2. The molecule has 0 unspecified atom stereocenters. The highest BCUT2D eigenvalue weighted by atomic mass is 16.5. The van der Waals surface area contributed by atoms with Gasteiger partial charge in [-0.25, -0.2) is 0 Å². The van der Waals surface area contributed by atoms with Crippen LogP contribution < -0.4 is 9.47 Å². The van der Waals surface area contributed by atoms with Gasteiger partial charge in [0, 0.05) is 0 Å². The molecular formula is C17H18N2O2. The first-order chi connectivity index (χ1) is 10.3. The van der Waals surface area contributed by atoms with E-state index in [0.717, 1.165) is 11.5 Å². The molecule has 0 bridgehead atoms. The molecule has 2 aromatic rings. The SMILES string of the molecule is CCOc1ccccc1N=C=Nc1ccccc1OCC. The van der Waals surface area contributed by atoms with Crippen molar-refractivity contribution in [3.05, 3.63) is 48.5 Å². The number of rotatable bonds is 6. The number of hydrogen-bond acceptors (Lipinski definition) is 4. The second-order valence-electron chi connectivity index (χ2n) is 4.13. The summed E-state index contributed by atoms with van der Waals surface area (Å²) >= 11 is 0. The molecule has 108 valence electrons. The number of aliphatic imine (C=N–C) groups is 2. The van der Waals surface area contributed by atoms with E-state index in [1.54, 1.807) is 0 Å². The van der Waals surface area contributed by atoms with E-state index in [-0.39, 0.29) is 0 Å². The molecule has 0 saturated heterocycles. The standard InChI is InChI=1S/C17H18N2O2/c1-3-20-16-11-7-5-9-14(16)18-13-19-15-10-6-8-12-17(15)21-4-2/h5-12H,3-4H2,1-2H3. The lowest BCUT2D eigenvalue weighted by molar-refractivity contribution is 0.341. The zero-order chi connectivity index (χ0) is 14.9. The Morgan fingerprint density at radius 3 is 1.62 bits per heavy atom. The van der Waals surface area contributed by atoms with Crippen molar-refractivity contribution in [2.24, 2.45) is 9.98 Å². The van der Waals surface area contributed by atoms with Crippen LogP contribution in [0, 0.1) is 0 Å². The highest BCUT2D eigenvalue weighted by molar-refractivity contribution is 5.64. The fourth-order valence-electron chi connectivity index (χ4n) is 1.79. The molecule has 0 radical (unpaired) electrons. The number of para-hydroxylation sites is 4. The van der Waals surface area contributed by atoms with Crippen LogP contribution in [0.1, 0.15) is 13.8 Å². The number of hydrogen-bond donors (Lipinski definition) is 0. The van der Waals surface area contributed by atoms with Crippen LogP contribution in [0.2, 0.25) is 0 Å². The lowest BCUT2D eigenvalue weighted by Gasteiger charge is -2.05. The summed E-state index contributed by atoms with van der Waals surface area (Å²) in [5, 5.41) is 0. The minimum absolute atomic E-state index is 0.594. The van der Waals surface area contributed by atoms with E-state index in [1.165, 1.54) is 0 Å². The molecule has 2 aromatic carbocycles. The third-order valence-corrected chi connectivity index (χ3v) is 2.67. The average molecular weight is 282 g/mol. The van der Waals surface area contributed by atoms with Crippen LogP contribution in [-0.2, 0) is 0 Å². The predicted octanol–water partition coefficient (Wildman–Crippen LogP) is 4.62. The quantitative estimate of drug-likeness (QED) is 0.725. The molecule has 0 aliphatic heterocycles. The summed E-state index contributed by atoms with van der Waals surface area (Å²) in [7, 11) is 0. The van der Waals surface area contributed by atoms with Crippen molar-refractivity contribution >= 4 is 17.4 Å². The fourth-order valence-corrected chi connectivity index (χ4v) is 1.79. The summed E-state index contributed by atoms with van der Waals surface area (Å²) in [6, 6.07) is 17.8. The van der Waals surface area contributed by atoms with Gasteiger partial charge in [-0.1, -0.05) is 24.3 Å². The summed E-state index contributed by atoms with van der Waals surface area (Å²) in [6.07, 6.45) is 0. The van der Waals surface area contributed by atoms with Gasteiger partial charge < -0.3 is 9.47 Å². The first-order valence-electron chi connectivity index (χ1n) is 6.95. The van der Waals surface area contributed by atoms with E-state index in [2.05, 4.69) is 16.0 Å². The molecule has 2 rings (SSSR count). The Balaban J connectivity index is 2.25. The van der Waals surface area contributed by atoms with E-state index in [1.807, 2.05) is 62.4 Å². The molecule has 0 atom stereocenters. The maximum absolute atomic E-state index is 5.50. The summed E-state index contributed by atoms with van der Waals surface area (Å²) < 4.78 is 11.0. The Kier molecular flexibility index (Phi) is 5.56. The molecule has 4 heteroatoms. The van der Waals surface area contributed by atoms with E-state index >= 15 is 0 Å². The third-order valence-electron chi connectivity index (χ3n) is 2.67. The summed E-state index contributed by atoms with van der Waals surface area (Å²) in [6.45, 7) is 5.06. The van der Waals surface area contributed by atoms with Gasteiger partial charge in [-0.15, -0.1) is 0 Å². The topological polar surface area (TPSA) is 43.2 Å². The Morgan fingerprint density at radius 2 is 1.19 bits per heavy atom. The molecule has 0 saturated carbocycles. The van der Waals surface area contributed by atoms with Gasteiger partial charge in [-0.05, 0) is 38.1 Å². The molecule has 0 amide bonds. The van der Waals surface area contributed by atoms with Gasteiger partial charge in [0.05, 0.1) is 13.2 Å². The van der Waals surface area contributed by atoms with Crippen molar-refractivity contribution in [2.45, 2.75) is 13.8 Å². The second-order valence-corrected chi connectivity index (χ2v) is 4.13. The summed E-state index contributed by atoms with van der Waals surface area (Å²) in [5.41, 5.74) is 1.41. The highest BCUT2D eigenvalue weighted by Gasteiger charge is 2.00. The van der Waals surface area contributed by atoms with Crippen LogP contribution in [-0.4, -0.2) is 19.2 Å². The summed E-state index contributed by atoms with van der Waals surface area (Å²) in [4.78, 5) is 8.45. The zero-order valence-electron chi connectivity index (χ0n) is 12.2. The van der Waals surface area contributed by atoms with Gasteiger partial charge in [-0.3, -0.25) is 0 Å². The van der Waals surface area contributed by atoms with Gasteiger partial charge in [0.1, 0.15) is 28.9 Å². The number of benzene rings is 2. The molecule has 0 N–H and O–H groups in total. The van der Waals surface area contributed by atoms with Crippen molar-refractivity contribution in [1.29, 1.82) is 0 Å². The van der Waals surface area contributed by atoms with Crippen molar-refractivity contribution < 1.29 is 9.47 Å². The normalized spacial score (nSPS) is 9.62. The van der Waals surface area contributed by atoms with Crippen LogP contribution in [0.4, 0.5) is 11.4 Å². The molecule has 0 aliphatic rings. The monoisotopic (exact) mass is 282 g/mol. The van der Waals surface area contributed by atoms with Gasteiger partial charge >= 0.3 is 0 Å². The second kappa shape index (κ2) is 7.88. The predicted molar refractivity (Wildman–Crippen MR) is 84.4 cm³/mol. The van der Waals surface area contributed by atoms with E-state index in [9.17, 15) is 0 Å². The molecular weight excluding hydrogens is 264 g/mol. The van der Waals surface area contributed by atoms with Crippen LogP contribution >= 0.6 is 0 Å². The van der Waals surface area contributed by atoms with Crippen molar-refractivity contribution in [2.75, 3.05) is 13.2 Å². The molecule has 0 spiro atoms. The Hall–Kier alpha value is -2.58. The van der Waals surface area contributed by atoms with Crippen molar-refractivity contribution in [3.8, 4) is 11.5 Å². The lowest BCUT2D eigenvalue weighted by atomic mass is 10.3. The van der Waals surface area contributed by atoms with Crippen molar-refractivity contribution in [3.63, 3.8) is 0 Å². The van der Waals surface area contributed by atoms with Crippen molar-refractivity contribution in [1.82, 2.24) is 0 Å². The van der Waals surface area contributed by atoms with Crippen LogP contribution in [0.25, 0.3) is 0 Å². The van der Waals surface area contributed by atoms with E-state index in [4.69, 9.17) is 9.47 Å².